The molecule has 0 bridgehead atoms. The number of carbonyl (C=O) groups is 1. The molecular formula is C17H23N3O3S2. The van der Waals surface area contributed by atoms with Gasteiger partial charge in [0.1, 0.15) is 0 Å². The zero-order valence-corrected chi connectivity index (χ0v) is 16.6. The van der Waals surface area contributed by atoms with Crippen molar-refractivity contribution in [2.75, 3.05) is 18.6 Å². The summed E-state index contributed by atoms with van der Waals surface area (Å²) in [4.78, 5) is 15.1. The van der Waals surface area contributed by atoms with Crippen molar-refractivity contribution in [1.29, 1.82) is 0 Å². The highest BCUT2D eigenvalue weighted by atomic mass is 32.2. The first-order valence-electron chi connectivity index (χ1n) is 8.24. The van der Waals surface area contributed by atoms with E-state index in [1.807, 2.05) is 36.9 Å². The van der Waals surface area contributed by atoms with Crippen LogP contribution in [0.4, 0.5) is 0 Å². The third-order valence-electron chi connectivity index (χ3n) is 4.83. The predicted octanol–water partition coefficient (Wildman–Crippen LogP) is 2.50. The summed E-state index contributed by atoms with van der Waals surface area (Å²) in [5.41, 5.74) is 3.78. The minimum Gasteiger partial charge on any atom is -0.337 e. The number of sulfone groups is 1. The van der Waals surface area contributed by atoms with Gasteiger partial charge in [0, 0.05) is 24.8 Å². The van der Waals surface area contributed by atoms with Crippen molar-refractivity contribution in [2.45, 2.75) is 39.8 Å². The van der Waals surface area contributed by atoms with Crippen LogP contribution in [0.3, 0.4) is 0 Å². The molecule has 0 N–H and O–H groups in total. The molecule has 0 aromatic carbocycles. The summed E-state index contributed by atoms with van der Waals surface area (Å²) in [6, 6.07) is 1.85. The van der Waals surface area contributed by atoms with E-state index < -0.39 is 9.84 Å². The second-order valence-corrected chi connectivity index (χ2v) is 9.89. The van der Waals surface area contributed by atoms with E-state index in [-0.39, 0.29) is 23.5 Å². The average molecular weight is 382 g/mol. The van der Waals surface area contributed by atoms with Gasteiger partial charge >= 0.3 is 0 Å². The Bertz CT molecular complexity index is 912. The maximum Gasteiger partial charge on any atom is 0.264 e. The first-order valence-corrected chi connectivity index (χ1v) is 10.9. The quantitative estimate of drug-likeness (QED) is 0.816. The van der Waals surface area contributed by atoms with Gasteiger partial charge in [-0.1, -0.05) is 0 Å². The second kappa shape index (κ2) is 6.57. The molecule has 1 amide bonds. The van der Waals surface area contributed by atoms with Gasteiger partial charge in [-0.3, -0.25) is 9.48 Å². The molecule has 2 aromatic heterocycles. The number of hydrogen-bond acceptors (Lipinski definition) is 5. The molecular weight excluding hydrogens is 358 g/mol. The number of aromatic nitrogens is 2. The molecule has 1 fully saturated rings. The summed E-state index contributed by atoms with van der Waals surface area (Å²) in [5.74, 6) is 0.376. The van der Waals surface area contributed by atoms with E-state index in [9.17, 15) is 13.2 Å². The largest absolute Gasteiger partial charge is 0.337 e. The van der Waals surface area contributed by atoms with Crippen LogP contribution in [0.1, 0.15) is 44.6 Å². The molecule has 0 unspecified atom stereocenters. The van der Waals surface area contributed by atoms with Crippen LogP contribution in [-0.4, -0.2) is 47.6 Å². The fourth-order valence-corrected chi connectivity index (χ4v) is 5.93. The molecule has 2 aromatic rings. The van der Waals surface area contributed by atoms with E-state index in [0.29, 0.717) is 13.0 Å². The summed E-state index contributed by atoms with van der Waals surface area (Å²) in [7, 11) is -1.17. The molecule has 0 saturated carbocycles. The summed E-state index contributed by atoms with van der Waals surface area (Å²) in [6.45, 7) is 6.27. The second-order valence-electron chi connectivity index (χ2n) is 6.74. The molecule has 136 valence electrons. The standard InChI is InChI=1S/C17H23N3O3S2/c1-11-5-7-24-16(11)17(21)19(4)9-15-12(2)18-20(13(15)3)14-6-8-25(22,23)10-14/h5,7,14H,6,8-10H2,1-4H3/t14-/m1/s1. The van der Waals surface area contributed by atoms with Gasteiger partial charge in [0.05, 0.1) is 28.1 Å². The van der Waals surface area contributed by atoms with E-state index in [1.165, 1.54) is 11.3 Å². The lowest BCUT2D eigenvalue weighted by Gasteiger charge is -2.18. The monoisotopic (exact) mass is 381 g/mol. The van der Waals surface area contributed by atoms with Crippen molar-refractivity contribution in [1.82, 2.24) is 14.7 Å². The highest BCUT2D eigenvalue weighted by molar-refractivity contribution is 7.91. The van der Waals surface area contributed by atoms with Crippen molar-refractivity contribution in [3.8, 4) is 0 Å². The minimum atomic E-state index is -2.96. The first kappa shape index (κ1) is 18.1. The van der Waals surface area contributed by atoms with Crippen LogP contribution in [-0.2, 0) is 16.4 Å². The average Bonchev–Trinajstić information content (AvgIpc) is 3.20. The number of aryl methyl sites for hydroxylation is 2. The fraction of sp³-hybridized carbons (Fsp3) is 0.529. The van der Waals surface area contributed by atoms with E-state index in [1.54, 1.807) is 11.9 Å². The molecule has 3 rings (SSSR count). The smallest absolute Gasteiger partial charge is 0.264 e. The van der Waals surface area contributed by atoms with Crippen LogP contribution in [0.2, 0.25) is 0 Å². The molecule has 1 saturated heterocycles. The topological polar surface area (TPSA) is 72.3 Å². The maximum atomic E-state index is 12.6. The molecule has 25 heavy (non-hydrogen) atoms. The number of rotatable bonds is 4. The Hall–Kier alpha value is -1.67. The predicted molar refractivity (Wildman–Crippen MR) is 98.9 cm³/mol. The van der Waals surface area contributed by atoms with Gasteiger partial charge in [-0.15, -0.1) is 11.3 Å². The van der Waals surface area contributed by atoms with Crippen LogP contribution in [0.25, 0.3) is 0 Å². The van der Waals surface area contributed by atoms with Crippen molar-refractivity contribution in [3.05, 3.63) is 38.8 Å². The molecule has 8 heteroatoms. The van der Waals surface area contributed by atoms with Crippen molar-refractivity contribution >= 4 is 27.1 Å². The lowest BCUT2D eigenvalue weighted by atomic mass is 10.1. The maximum absolute atomic E-state index is 12.6. The normalized spacial score (nSPS) is 19.3. The number of carbonyl (C=O) groups excluding carboxylic acids is 1. The first-order chi connectivity index (χ1) is 11.7. The Morgan fingerprint density at radius 1 is 1.40 bits per heavy atom. The molecule has 6 nitrogen and oxygen atoms in total. The molecule has 1 aliphatic rings. The Morgan fingerprint density at radius 2 is 2.12 bits per heavy atom. The molecule has 3 heterocycles. The molecule has 1 atom stereocenters. The number of amides is 1. The number of nitrogens with zero attached hydrogens (tertiary/aromatic N) is 3. The molecule has 0 aliphatic carbocycles. The number of hydrogen-bond donors (Lipinski definition) is 0. The minimum absolute atomic E-state index is 0.00231. The summed E-state index contributed by atoms with van der Waals surface area (Å²) in [6.07, 6.45) is 0.604. The third kappa shape index (κ3) is 3.50. The molecule has 1 aliphatic heterocycles. The zero-order valence-electron chi connectivity index (χ0n) is 14.9. The molecule has 0 radical (unpaired) electrons. The molecule has 0 spiro atoms. The summed E-state index contributed by atoms with van der Waals surface area (Å²) < 4.78 is 25.3. The van der Waals surface area contributed by atoms with Gasteiger partial charge in [0.2, 0.25) is 0 Å². The summed E-state index contributed by atoms with van der Waals surface area (Å²) >= 11 is 1.45. The van der Waals surface area contributed by atoms with Crippen molar-refractivity contribution < 1.29 is 13.2 Å². The van der Waals surface area contributed by atoms with Crippen molar-refractivity contribution in [2.24, 2.45) is 0 Å². The highest BCUT2D eigenvalue weighted by Crippen LogP contribution is 2.27. The van der Waals surface area contributed by atoms with Gasteiger partial charge < -0.3 is 4.90 Å². The van der Waals surface area contributed by atoms with Gasteiger partial charge in [-0.25, -0.2) is 8.42 Å². The Kier molecular flexibility index (Phi) is 4.76. The van der Waals surface area contributed by atoms with Crippen LogP contribution in [0.5, 0.6) is 0 Å². The Balaban J connectivity index is 1.82. The van der Waals surface area contributed by atoms with Crippen LogP contribution >= 0.6 is 11.3 Å². The van der Waals surface area contributed by atoms with Crippen LogP contribution in [0, 0.1) is 20.8 Å². The van der Waals surface area contributed by atoms with Gasteiger partial charge in [-0.2, -0.15) is 5.10 Å². The van der Waals surface area contributed by atoms with Crippen LogP contribution in [0.15, 0.2) is 11.4 Å². The Labute approximate surface area is 152 Å². The Morgan fingerprint density at radius 3 is 2.68 bits per heavy atom. The van der Waals surface area contributed by atoms with Crippen LogP contribution < -0.4 is 0 Å². The lowest BCUT2D eigenvalue weighted by molar-refractivity contribution is 0.0789. The number of thiophene rings is 1. The summed E-state index contributed by atoms with van der Waals surface area (Å²) in [5, 5.41) is 6.49. The highest BCUT2D eigenvalue weighted by Gasteiger charge is 2.31. The third-order valence-corrected chi connectivity index (χ3v) is 7.58. The van der Waals surface area contributed by atoms with Gasteiger partial charge in [-0.05, 0) is 44.2 Å². The van der Waals surface area contributed by atoms with Crippen molar-refractivity contribution in [3.63, 3.8) is 0 Å². The SMILES string of the molecule is Cc1ccsc1C(=O)N(C)Cc1c(C)nn([C@@H]2CCS(=O)(=O)C2)c1C. The zero-order chi connectivity index (χ0) is 18.4. The van der Waals surface area contributed by atoms with Gasteiger partial charge in [0.15, 0.2) is 9.84 Å². The van der Waals surface area contributed by atoms with E-state index in [2.05, 4.69) is 5.10 Å². The van der Waals surface area contributed by atoms with E-state index >= 15 is 0 Å². The fourth-order valence-electron chi connectivity index (χ4n) is 3.32. The van der Waals surface area contributed by atoms with E-state index in [4.69, 9.17) is 0 Å². The lowest BCUT2D eigenvalue weighted by Crippen LogP contribution is -2.26. The van der Waals surface area contributed by atoms with Gasteiger partial charge in [0.25, 0.3) is 5.91 Å². The van der Waals surface area contributed by atoms with E-state index in [0.717, 1.165) is 27.4 Å².